The summed E-state index contributed by atoms with van der Waals surface area (Å²) in [7, 11) is 0. The molecule has 0 radical (unpaired) electrons. The SMILES string of the molecule is CC(C)(C)OC(=O)N[C@@]1(C(=O)OC(C)(C)C)C[C@@H](SN2C=NNC2)[C@H]2[C@H](C(=O)OC(C)(C)C)[C@H]21. The molecule has 0 aromatic carbocycles. The molecule has 3 rings (SSSR count). The van der Waals surface area contributed by atoms with Gasteiger partial charge in [0.2, 0.25) is 0 Å². The van der Waals surface area contributed by atoms with E-state index in [0.717, 1.165) is 0 Å². The van der Waals surface area contributed by atoms with Crippen LogP contribution in [-0.4, -0.2) is 62.9 Å². The summed E-state index contributed by atoms with van der Waals surface area (Å²) in [6, 6.07) is 0. The predicted molar refractivity (Wildman–Crippen MR) is 129 cm³/mol. The first-order chi connectivity index (χ1) is 15.4. The highest BCUT2D eigenvalue weighted by Gasteiger charge is 2.77. The summed E-state index contributed by atoms with van der Waals surface area (Å²) >= 11 is 1.50. The normalized spacial score (nSPS) is 30.3. The minimum atomic E-state index is -1.41. The van der Waals surface area contributed by atoms with Crippen LogP contribution in [0.4, 0.5) is 4.79 Å². The van der Waals surface area contributed by atoms with E-state index >= 15 is 0 Å². The number of carbonyl (C=O) groups excluding carboxylic acids is 3. The van der Waals surface area contributed by atoms with E-state index in [1.54, 1.807) is 47.9 Å². The Labute approximate surface area is 206 Å². The summed E-state index contributed by atoms with van der Waals surface area (Å²) in [6.45, 7) is 16.5. The van der Waals surface area contributed by atoms with Crippen molar-refractivity contribution in [3.63, 3.8) is 0 Å². The van der Waals surface area contributed by atoms with E-state index in [0.29, 0.717) is 13.1 Å². The number of nitrogens with zero attached hydrogens (tertiary/aromatic N) is 2. The number of ether oxygens (including phenoxy) is 3. The summed E-state index contributed by atoms with van der Waals surface area (Å²) in [6.07, 6.45) is 1.24. The van der Waals surface area contributed by atoms with Crippen LogP contribution in [0.15, 0.2) is 5.10 Å². The molecule has 1 heterocycles. The average Bonchev–Trinajstić information content (AvgIpc) is 3.00. The molecular formula is C23H38N4O6S. The van der Waals surface area contributed by atoms with Gasteiger partial charge in [-0.2, -0.15) is 5.10 Å². The molecule has 2 saturated carbocycles. The second-order valence-electron chi connectivity index (χ2n) is 12.1. The van der Waals surface area contributed by atoms with E-state index in [4.69, 9.17) is 14.2 Å². The van der Waals surface area contributed by atoms with Gasteiger partial charge in [0.25, 0.3) is 0 Å². The number of hydrogen-bond donors (Lipinski definition) is 2. The van der Waals surface area contributed by atoms with Gasteiger partial charge in [0.1, 0.15) is 35.3 Å². The lowest BCUT2D eigenvalue weighted by Crippen LogP contribution is -2.59. The van der Waals surface area contributed by atoms with Crippen LogP contribution in [0.5, 0.6) is 0 Å². The maximum Gasteiger partial charge on any atom is 0.408 e. The molecule has 2 N–H and O–H groups in total. The molecule has 0 saturated heterocycles. The molecule has 3 aliphatic rings. The number of amides is 1. The highest BCUT2D eigenvalue weighted by Crippen LogP contribution is 2.66. The van der Waals surface area contributed by atoms with E-state index < -0.39 is 46.2 Å². The highest BCUT2D eigenvalue weighted by atomic mass is 32.2. The number of esters is 2. The van der Waals surface area contributed by atoms with Crippen molar-refractivity contribution in [2.75, 3.05) is 6.67 Å². The summed E-state index contributed by atoms with van der Waals surface area (Å²) in [5, 5.41) is 6.71. The van der Waals surface area contributed by atoms with Crippen molar-refractivity contribution < 1.29 is 28.6 Å². The van der Waals surface area contributed by atoms with E-state index in [-0.39, 0.29) is 17.1 Å². The van der Waals surface area contributed by atoms with Gasteiger partial charge in [-0.3, -0.25) is 14.5 Å². The van der Waals surface area contributed by atoms with Crippen molar-refractivity contribution in [3.05, 3.63) is 0 Å². The lowest BCUT2D eigenvalue weighted by molar-refractivity contribution is -0.165. The minimum absolute atomic E-state index is 0.142. The first-order valence-electron chi connectivity index (χ1n) is 11.6. The Morgan fingerprint density at radius 3 is 2.09 bits per heavy atom. The number of hydrazone groups is 1. The van der Waals surface area contributed by atoms with Crippen LogP contribution >= 0.6 is 11.9 Å². The van der Waals surface area contributed by atoms with E-state index in [1.165, 1.54) is 11.9 Å². The molecule has 0 unspecified atom stereocenters. The Bertz CT molecular complexity index is 859. The third kappa shape index (κ3) is 6.09. The van der Waals surface area contributed by atoms with Crippen molar-refractivity contribution in [3.8, 4) is 0 Å². The first-order valence-corrected chi connectivity index (χ1v) is 12.4. The van der Waals surface area contributed by atoms with Gasteiger partial charge in [-0.05, 0) is 86.6 Å². The van der Waals surface area contributed by atoms with E-state index in [9.17, 15) is 14.4 Å². The first kappa shape index (κ1) is 26.4. The highest BCUT2D eigenvalue weighted by molar-refractivity contribution is 7.98. The Morgan fingerprint density at radius 2 is 1.59 bits per heavy atom. The smallest absolute Gasteiger partial charge is 0.408 e. The number of hydrogen-bond acceptors (Lipinski definition) is 10. The zero-order valence-corrected chi connectivity index (χ0v) is 22.4. The molecule has 2 fully saturated rings. The molecule has 11 heteroatoms. The van der Waals surface area contributed by atoms with Gasteiger partial charge < -0.3 is 19.5 Å². The second kappa shape index (κ2) is 8.80. The Morgan fingerprint density at radius 1 is 1.00 bits per heavy atom. The fourth-order valence-corrected chi connectivity index (χ4v) is 5.96. The fourth-order valence-electron chi connectivity index (χ4n) is 4.56. The molecule has 0 aromatic rings. The molecule has 2 aliphatic carbocycles. The summed E-state index contributed by atoms with van der Waals surface area (Å²) in [5.41, 5.74) is -0.739. The fraction of sp³-hybridized carbons (Fsp3) is 0.826. The van der Waals surface area contributed by atoms with Crippen LogP contribution in [0.1, 0.15) is 68.7 Å². The molecule has 192 valence electrons. The predicted octanol–water partition coefficient (Wildman–Crippen LogP) is 3.02. The Hall–Kier alpha value is -2.17. The third-order valence-electron chi connectivity index (χ3n) is 5.54. The zero-order chi connectivity index (χ0) is 25.7. The average molecular weight is 499 g/mol. The molecule has 5 atom stereocenters. The van der Waals surface area contributed by atoms with Crippen molar-refractivity contribution in [2.45, 2.75) is 96.3 Å². The molecule has 1 aliphatic heterocycles. The van der Waals surface area contributed by atoms with Crippen LogP contribution < -0.4 is 10.7 Å². The van der Waals surface area contributed by atoms with Crippen molar-refractivity contribution >= 4 is 36.3 Å². The molecule has 10 nitrogen and oxygen atoms in total. The van der Waals surface area contributed by atoms with Crippen molar-refractivity contribution in [2.24, 2.45) is 22.9 Å². The van der Waals surface area contributed by atoms with Crippen LogP contribution in [0.2, 0.25) is 0 Å². The lowest BCUT2D eigenvalue weighted by Gasteiger charge is -2.36. The lowest BCUT2D eigenvalue weighted by atomic mass is 9.89. The van der Waals surface area contributed by atoms with Crippen molar-refractivity contribution in [1.82, 2.24) is 15.0 Å². The van der Waals surface area contributed by atoms with Gasteiger partial charge in [-0.25, -0.2) is 9.59 Å². The maximum absolute atomic E-state index is 13.7. The Balaban J connectivity index is 1.95. The van der Waals surface area contributed by atoms with Crippen LogP contribution in [-0.2, 0) is 23.8 Å². The van der Waals surface area contributed by atoms with Gasteiger partial charge in [-0.15, -0.1) is 0 Å². The number of alkyl carbamates (subject to hydrolysis) is 1. The van der Waals surface area contributed by atoms with Crippen molar-refractivity contribution in [1.29, 1.82) is 0 Å². The number of fused-ring (bicyclic) bond motifs is 1. The zero-order valence-electron chi connectivity index (χ0n) is 21.6. The van der Waals surface area contributed by atoms with Gasteiger partial charge in [0, 0.05) is 11.2 Å². The summed E-state index contributed by atoms with van der Waals surface area (Å²) in [4.78, 5) is 39.7. The third-order valence-corrected chi connectivity index (χ3v) is 6.78. The number of carbonyl (C=O) groups is 3. The minimum Gasteiger partial charge on any atom is -0.460 e. The summed E-state index contributed by atoms with van der Waals surface area (Å²) < 4.78 is 18.9. The van der Waals surface area contributed by atoms with Crippen LogP contribution in [0.25, 0.3) is 0 Å². The monoisotopic (exact) mass is 498 g/mol. The van der Waals surface area contributed by atoms with E-state index in [1.807, 2.05) is 25.1 Å². The van der Waals surface area contributed by atoms with Gasteiger partial charge >= 0.3 is 18.0 Å². The molecule has 0 aromatic heterocycles. The van der Waals surface area contributed by atoms with Gasteiger partial charge in [-0.1, -0.05) is 0 Å². The second-order valence-corrected chi connectivity index (χ2v) is 13.4. The number of rotatable bonds is 5. The van der Waals surface area contributed by atoms with Gasteiger partial charge in [0.05, 0.1) is 5.92 Å². The Kier molecular flexibility index (Phi) is 6.84. The summed E-state index contributed by atoms with van der Waals surface area (Å²) in [5.74, 6) is -2.12. The topological polar surface area (TPSA) is 119 Å². The van der Waals surface area contributed by atoms with Crippen LogP contribution in [0, 0.1) is 17.8 Å². The quantitative estimate of drug-likeness (QED) is 0.335. The van der Waals surface area contributed by atoms with Gasteiger partial charge in [0.15, 0.2) is 0 Å². The molecule has 1 amide bonds. The van der Waals surface area contributed by atoms with E-state index in [2.05, 4.69) is 15.8 Å². The standard InChI is InChI=1S/C23H38N4O6S/c1-20(2,3)31-17(28)15-14-13(34-27-11-24-25-12-27)10-23(16(14)15,18(29)32-21(4,5)6)26-19(30)33-22(7,8)9/h11,13-16,25H,10,12H2,1-9H3,(H,26,30)/t13-,14+,15+,16+,23+/m1/s1. The number of nitrogens with one attached hydrogen (secondary N) is 2. The molecule has 34 heavy (non-hydrogen) atoms. The molecular weight excluding hydrogens is 460 g/mol. The molecule has 0 bridgehead atoms. The largest absolute Gasteiger partial charge is 0.460 e. The van der Waals surface area contributed by atoms with Crippen LogP contribution in [0.3, 0.4) is 0 Å². The molecule has 0 spiro atoms. The maximum atomic E-state index is 13.7.